The first-order valence-corrected chi connectivity index (χ1v) is 23.4. The van der Waals surface area contributed by atoms with Crippen molar-refractivity contribution in [2.45, 2.75) is 142 Å². The quantitative estimate of drug-likeness (QED) is 0.0951. The van der Waals surface area contributed by atoms with E-state index in [1.54, 1.807) is 11.1 Å². The molecule has 0 unspecified atom stereocenters. The molecule has 350 valence electrons. The van der Waals surface area contributed by atoms with Gasteiger partial charge in [-0.2, -0.15) is 0 Å². The molecular formula is C50H62N8O8. The normalized spacial score (nSPS) is 22.4. The Morgan fingerprint density at radius 3 is 2.26 bits per heavy atom. The van der Waals surface area contributed by atoms with Gasteiger partial charge in [0.1, 0.15) is 41.7 Å². The van der Waals surface area contributed by atoms with E-state index in [1.165, 1.54) is 0 Å². The molecule has 3 fully saturated rings. The number of carboxylic acid groups (broad SMARTS) is 1. The van der Waals surface area contributed by atoms with Gasteiger partial charge in [-0.15, -0.1) is 0 Å². The van der Waals surface area contributed by atoms with E-state index in [0.717, 1.165) is 81.2 Å². The predicted molar refractivity (Wildman–Crippen MR) is 249 cm³/mol. The van der Waals surface area contributed by atoms with E-state index in [1.807, 2.05) is 52.5 Å². The van der Waals surface area contributed by atoms with E-state index < -0.39 is 35.3 Å². The lowest BCUT2D eigenvalue weighted by molar-refractivity contribution is -0.142. The van der Waals surface area contributed by atoms with Gasteiger partial charge in [0, 0.05) is 41.7 Å². The second-order valence-corrected chi connectivity index (χ2v) is 20.4. The Morgan fingerprint density at radius 1 is 0.879 bits per heavy atom. The van der Waals surface area contributed by atoms with Crippen LogP contribution in [0.5, 0.6) is 5.75 Å². The van der Waals surface area contributed by atoms with Gasteiger partial charge < -0.3 is 49.7 Å². The second kappa shape index (κ2) is 17.2. The summed E-state index contributed by atoms with van der Waals surface area (Å²) in [5.41, 5.74) is 5.24. The molecule has 0 aliphatic carbocycles. The van der Waals surface area contributed by atoms with Gasteiger partial charge in [-0.25, -0.2) is 19.6 Å². The summed E-state index contributed by atoms with van der Waals surface area (Å²) in [6, 6.07) is 12.2. The van der Waals surface area contributed by atoms with Crippen LogP contribution in [-0.2, 0) is 25.7 Å². The number of aromatic amines is 2. The fourth-order valence-electron chi connectivity index (χ4n) is 10.6. The van der Waals surface area contributed by atoms with Crippen LogP contribution in [-0.4, -0.2) is 102 Å². The average Bonchev–Trinajstić information content (AvgIpc) is 4.09. The minimum atomic E-state index is -1.22. The number of likely N-dealkylation sites (tertiary alicyclic amines) is 2. The maximum absolute atomic E-state index is 14.8. The number of nitrogens with zero attached hydrogens (tertiary/aromatic N) is 4. The SMILES string of the molecule is CC(C)[C@H](NC(=O)O)C(=O)N1[C@@H](C)CC[C@H]1c1ncc(-c2ccc3c(c2)COc2cc4c(ccc5[nH]c([C@@H]6CC[C@H](C)N6C(=O)[C@@H](NC(=O)OC(C)(C)C)C6(C)CCOCC6)nc54)cc2-3)[nH]1. The van der Waals surface area contributed by atoms with Crippen molar-refractivity contribution in [2.24, 2.45) is 11.3 Å². The standard InChI is InChI=1S/C50H62N8O8/c1-26(2)40(55-47(61)62)45(59)57-27(3)9-15-37(57)43-51-24-36(53-43)30-11-13-32-31(21-30)25-65-39-23-33-29(22-34(32)39)12-14-35-41(33)54-44(52-35)38-16-10-28(4)58(38)46(60)42(50(8)17-19-64-20-18-50)56-48(63)66-49(5,6)7/h11-14,21-24,26-28,37-38,40,42,55H,9-10,15-20,25H2,1-8H3,(H,51,53)(H,52,54)(H,56,63)(H,61,62)/t27-,28-,37-,38-,40-,42+/m0/s1. The summed E-state index contributed by atoms with van der Waals surface area (Å²) in [4.78, 5) is 74.0. The molecule has 5 N–H and O–H groups in total. The molecular weight excluding hydrogens is 841 g/mol. The van der Waals surface area contributed by atoms with Crippen LogP contribution in [0.1, 0.15) is 123 Å². The lowest BCUT2D eigenvalue weighted by atomic mass is 9.75. The Labute approximate surface area is 384 Å². The summed E-state index contributed by atoms with van der Waals surface area (Å²) in [5, 5.41) is 16.8. The minimum Gasteiger partial charge on any atom is -0.488 e. The number of nitrogens with one attached hydrogen (secondary N) is 4. The molecule has 66 heavy (non-hydrogen) atoms. The Balaban J connectivity index is 0.971. The van der Waals surface area contributed by atoms with Crippen LogP contribution in [0.15, 0.2) is 48.7 Å². The molecule has 9 rings (SSSR count). The van der Waals surface area contributed by atoms with E-state index in [9.17, 15) is 24.3 Å². The van der Waals surface area contributed by atoms with Gasteiger partial charge in [-0.05, 0) is 125 Å². The molecule has 6 atom stereocenters. The van der Waals surface area contributed by atoms with Gasteiger partial charge in [-0.1, -0.05) is 39.0 Å². The third-order valence-electron chi connectivity index (χ3n) is 14.2. The number of carbonyl (C=O) groups is 4. The molecule has 0 saturated carbocycles. The van der Waals surface area contributed by atoms with Crippen molar-refractivity contribution < 1.29 is 38.5 Å². The first-order valence-electron chi connectivity index (χ1n) is 23.4. The van der Waals surface area contributed by atoms with E-state index in [-0.39, 0.29) is 41.9 Å². The summed E-state index contributed by atoms with van der Waals surface area (Å²) < 4.78 is 17.8. The summed E-state index contributed by atoms with van der Waals surface area (Å²) in [5.74, 6) is 1.54. The van der Waals surface area contributed by atoms with Crippen molar-refractivity contribution in [1.29, 1.82) is 0 Å². The zero-order valence-electron chi connectivity index (χ0n) is 39.1. The van der Waals surface area contributed by atoms with Crippen molar-refractivity contribution in [2.75, 3.05) is 13.2 Å². The number of H-pyrrole nitrogens is 2. The number of alkyl carbamates (subject to hydrolysis) is 1. The number of amides is 4. The highest BCUT2D eigenvalue weighted by molar-refractivity contribution is 6.07. The van der Waals surface area contributed by atoms with Crippen molar-refractivity contribution in [3.63, 3.8) is 0 Å². The summed E-state index contributed by atoms with van der Waals surface area (Å²) >= 11 is 0. The number of carbonyl (C=O) groups excluding carboxylic acids is 3. The smallest absolute Gasteiger partial charge is 0.408 e. The molecule has 16 heteroatoms. The highest BCUT2D eigenvalue weighted by atomic mass is 16.6. The van der Waals surface area contributed by atoms with Gasteiger partial charge in [0.05, 0.1) is 35.0 Å². The number of imidazole rings is 2. The zero-order chi connectivity index (χ0) is 46.8. The van der Waals surface area contributed by atoms with Gasteiger partial charge in [0.15, 0.2) is 0 Å². The topological polar surface area (TPSA) is 204 Å². The van der Waals surface area contributed by atoms with Crippen molar-refractivity contribution in [3.8, 4) is 28.1 Å². The second-order valence-electron chi connectivity index (χ2n) is 20.4. The van der Waals surface area contributed by atoms with Crippen molar-refractivity contribution in [3.05, 3.63) is 65.9 Å². The molecule has 4 aliphatic rings. The van der Waals surface area contributed by atoms with Gasteiger partial charge in [-0.3, -0.25) is 9.59 Å². The molecule has 5 aromatic rings. The van der Waals surface area contributed by atoms with Crippen LogP contribution < -0.4 is 15.4 Å². The monoisotopic (exact) mass is 902 g/mol. The van der Waals surface area contributed by atoms with Crippen molar-refractivity contribution in [1.82, 2.24) is 40.4 Å². The average molecular weight is 903 g/mol. The number of ether oxygens (including phenoxy) is 3. The molecule has 4 aliphatic heterocycles. The van der Waals surface area contributed by atoms with Crippen LogP contribution >= 0.6 is 0 Å². The van der Waals surface area contributed by atoms with Crippen LogP contribution in [0.4, 0.5) is 9.59 Å². The van der Waals surface area contributed by atoms with Crippen LogP contribution in [0.3, 0.4) is 0 Å². The number of benzene rings is 3. The fraction of sp³-hybridized carbons (Fsp3) is 0.520. The van der Waals surface area contributed by atoms with Crippen LogP contribution in [0.25, 0.3) is 44.2 Å². The maximum Gasteiger partial charge on any atom is 0.408 e. The van der Waals surface area contributed by atoms with E-state index in [0.29, 0.717) is 44.3 Å². The molecule has 3 saturated heterocycles. The number of hydrogen-bond acceptors (Lipinski definition) is 9. The van der Waals surface area contributed by atoms with E-state index in [4.69, 9.17) is 24.2 Å². The highest BCUT2D eigenvalue weighted by Gasteiger charge is 2.48. The molecule has 4 amide bonds. The minimum absolute atomic E-state index is 0.0614. The van der Waals surface area contributed by atoms with Crippen LogP contribution in [0.2, 0.25) is 0 Å². The largest absolute Gasteiger partial charge is 0.488 e. The molecule has 0 radical (unpaired) electrons. The Kier molecular flexibility index (Phi) is 11.8. The predicted octanol–water partition coefficient (Wildman–Crippen LogP) is 8.77. The number of aromatic nitrogens is 4. The Hall–Kier alpha value is -6.16. The molecule has 6 heterocycles. The Bertz CT molecular complexity index is 2700. The Morgan fingerprint density at radius 2 is 1.58 bits per heavy atom. The maximum atomic E-state index is 14.8. The molecule has 16 nitrogen and oxygen atoms in total. The first kappa shape index (κ1) is 45.0. The third-order valence-corrected chi connectivity index (χ3v) is 14.2. The zero-order valence-corrected chi connectivity index (χ0v) is 39.1. The number of fused-ring (bicyclic) bond motifs is 6. The number of hydrogen-bond donors (Lipinski definition) is 5. The molecule has 2 aromatic heterocycles. The summed E-state index contributed by atoms with van der Waals surface area (Å²) in [7, 11) is 0. The highest BCUT2D eigenvalue weighted by Crippen LogP contribution is 2.45. The summed E-state index contributed by atoms with van der Waals surface area (Å²) in [6.45, 7) is 16.6. The first-order chi connectivity index (χ1) is 31.4. The van der Waals surface area contributed by atoms with Gasteiger partial charge in [0.25, 0.3) is 0 Å². The molecule has 0 bridgehead atoms. The third kappa shape index (κ3) is 8.44. The van der Waals surface area contributed by atoms with Gasteiger partial charge in [0.2, 0.25) is 11.8 Å². The summed E-state index contributed by atoms with van der Waals surface area (Å²) in [6.07, 6.45) is 4.25. The van der Waals surface area contributed by atoms with Crippen molar-refractivity contribution >= 4 is 45.8 Å². The van der Waals surface area contributed by atoms with E-state index >= 15 is 0 Å². The van der Waals surface area contributed by atoms with Crippen LogP contribution in [0, 0.1) is 11.3 Å². The number of rotatable bonds is 9. The fourth-order valence-corrected chi connectivity index (χ4v) is 10.6. The lowest BCUT2D eigenvalue weighted by Crippen LogP contribution is -2.59. The lowest BCUT2D eigenvalue weighted by Gasteiger charge is -2.43. The molecule has 0 spiro atoms. The van der Waals surface area contributed by atoms with Gasteiger partial charge >= 0.3 is 12.2 Å². The van der Waals surface area contributed by atoms with E-state index in [2.05, 4.69) is 70.8 Å². The molecule has 3 aromatic carbocycles.